The smallest absolute Gasteiger partial charge is 0.231 e. The number of nitrogens with zero attached hydrogens (tertiary/aromatic N) is 3. The molecule has 1 amide bonds. The lowest BCUT2D eigenvalue weighted by Crippen LogP contribution is -2.39. The fraction of sp³-hybridized carbons (Fsp3) is 0.353. The Kier molecular flexibility index (Phi) is 12.0. The fourth-order valence-corrected chi connectivity index (χ4v) is 6.01. The molecule has 2 aromatic rings. The lowest BCUT2D eigenvalue weighted by atomic mass is 9.87. The molecule has 4 rings (SSSR count). The molecule has 2 fully saturated rings. The van der Waals surface area contributed by atoms with E-state index in [-0.39, 0.29) is 23.6 Å². The molecule has 2 heterocycles. The molecule has 2 aliphatic rings. The van der Waals surface area contributed by atoms with Crippen molar-refractivity contribution in [3.05, 3.63) is 113 Å². The number of nitrogens with one attached hydrogen (secondary N) is 1. The van der Waals surface area contributed by atoms with E-state index in [4.69, 9.17) is 4.74 Å². The standard InChI is InChI=1S/C34H40F2N4O4S/c1-5-13-37-33(24(4)8-10-25-9-7-23(3)18-32(25)40-14-16-44-17-15-40)38-34(41)30-22-39(20-27(6-2)45(42)43)21-29(30)28-12-11-26(35)19-31(28)36/h5-7,9,11-13,18-20,29-30H,2,4,8,10,14-17,21-22H2,1,3H3,(H,42,43)(H,37,38,41)/b13-5-,27-20+/t29-,30+/m0/s1. The molecule has 240 valence electrons. The van der Waals surface area contributed by atoms with E-state index in [2.05, 4.69) is 53.5 Å². The lowest BCUT2D eigenvalue weighted by Gasteiger charge is -2.31. The van der Waals surface area contributed by atoms with Gasteiger partial charge >= 0.3 is 0 Å². The van der Waals surface area contributed by atoms with Crippen molar-refractivity contribution in [2.75, 3.05) is 44.3 Å². The molecular weight excluding hydrogens is 598 g/mol. The zero-order valence-corrected chi connectivity index (χ0v) is 26.5. The number of rotatable bonds is 11. The van der Waals surface area contributed by atoms with Crippen LogP contribution in [0.25, 0.3) is 0 Å². The second-order valence-corrected chi connectivity index (χ2v) is 12.1. The second kappa shape index (κ2) is 15.9. The molecule has 11 heteroatoms. The molecule has 8 nitrogen and oxygen atoms in total. The third kappa shape index (κ3) is 8.84. The minimum Gasteiger partial charge on any atom is -0.378 e. The van der Waals surface area contributed by atoms with Gasteiger partial charge in [0.05, 0.1) is 24.0 Å². The maximum Gasteiger partial charge on any atom is 0.231 e. The summed E-state index contributed by atoms with van der Waals surface area (Å²) in [6.45, 7) is 15.0. The number of aliphatic imine (C=N–C) groups is 1. The van der Waals surface area contributed by atoms with E-state index in [0.29, 0.717) is 37.5 Å². The SMILES string of the molecule is C=C/C(=C\N1C[C@@H](C(=O)NC(=N/C=C\C)C(=C)CCc2ccc(C)cc2N2CCOCC2)[C@H](c2ccc(F)cc2F)C1)S(=O)O. The van der Waals surface area contributed by atoms with Gasteiger partial charge in [-0.25, -0.2) is 18.0 Å². The summed E-state index contributed by atoms with van der Waals surface area (Å²) in [6.07, 6.45) is 7.19. The molecule has 0 saturated carbocycles. The van der Waals surface area contributed by atoms with Gasteiger partial charge in [0.2, 0.25) is 5.91 Å². The average Bonchev–Trinajstić information content (AvgIpc) is 3.45. The van der Waals surface area contributed by atoms with E-state index < -0.39 is 40.5 Å². The quantitative estimate of drug-likeness (QED) is 0.144. The van der Waals surface area contributed by atoms with Crippen molar-refractivity contribution in [3.8, 4) is 0 Å². The van der Waals surface area contributed by atoms with E-state index >= 15 is 0 Å². The maximum absolute atomic E-state index is 15.0. The molecule has 0 radical (unpaired) electrons. The minimum atomic E-state index is -2.30. The predicted octanol–water partition coefficient (Wildman–Crippen LogP) is 5.61. The van der Waals surface area contributed by atoms with Crippen LogP contribution in [0, 0.1) is 24.5 Å². The van der Waals surface area contributed by atoms with Gasteiger partial charge in [-0.1, -0.05) is 37.4 Å². The topological polar surface area (TPSA) is 94.5 Å². The summed E-state index contributed by atoms with van der Waals surface area (Å²) in [7, 11) is 0. The summed E-state index contributed by atoms with van der Waals surface area (Å²) in [4.78, 5) is 22.4. The highest BCUT2D eigenvalue weighted by atomic mass is 32.2. The number of benzene rings is 2. The van der Waals surface area contributed by atoms with Crippen LogP contribution < -0.4 is 10.2 Å². The largest absolute Gasteiger partial charge is 0.378 e. The van der Waals surface area contributed by atoms with Gasteiger partial charge in [-0.15, -0.1) is 0 Å². The van der Waals surface area contributed by atoms with Crippen LogP contribution in [0.2, 0.25) is 0 Å². The van der Waals surface area contributed by atoms with E-state index in [1.54, 1.807) is 17.2 Å². The number of hydrogen-bond acceptors (Lipinski definition) is 6. The minimum absolute atomic E-state index is 0.0469. The number of aryl methyl sites for hydroxylation is 2. The summed E-state index contributed by atoms with van der Waals surface area (Å²) in [5.74, 6) is -3.06. The molecule has 0 spiro atoms. The second-order valence-electron chi connectivity index (χ2n) is 11.1. The van der Waals surface area contributed by atoms with Gasteiger partial charge in [-0.3, -0.25) is 4.79 Å². The molecule has 2 aliphatic heterocycles. The number of hydrogen-bond donors (Lipinski definition) is 2. The number of anilines is 1. The van der Waals surface area contributed by atoms with Crippen LogP contribution in [0.1, 0.15) is 36.0 Å². The molecular formula is C34H40F2N4O4S. The highest BCUT2D eigenvalue weighted by Crippen LogP contribution is 2.35. The summed E-state index contributed by atoms with van der Waals surface area (Å²) in [6, 6.07) is 9.66. The molecule has 2 saturated heterocycles. The monoisotopic (exact) mass is 638 g/mol. The highest BCUT2D eigenvalue weighted by molar-refractivity contribution is 7.83. The van der Waals surface area contributed by atoms with Gasteiger partial charge in [0.15, 0.2) is 11.1 Å². The summed E-state index contributed by atoms with van der Waals surface area (Å²) in [5, 5.41) is 2.92. The van der Waals surface area contributed by atoms with Crippen molar-refractivity contribution in [1.29, 1.82) is 0 Å². The fourth-order valence-electron chi connectivity index (χ4n) is 5.63. The number of amidine groups is 1. The molecule has 0 bridgehead atoms. The number of carbonyl (C=O) groups excluding carboxylic acids is 1. The van der Waals surface area contributed by atoms with Crippen molar-refractivity contribution < 1.29 is 27.1 Å². The molecule has 0 aromatic heterocycles. The normalized spacial score (nSPS) is 20.0. The molecule has 3 atom stereocenters. The van der Waals surface area contributed by atoms with Crippen LogP contribution in [0.15, 0.2) is 89.6 Å². The van der Waals surface area contributed by atoms with Gasteiger partial charge in [0.1, 0.15) is 17.5 Å². The Balaban J connectivity index is 1.55. The van der Waals surface area contributed by atoms with E-state index in [0.717, 1.165) is 36.5 Å². The number of morpholine rings is 1. The molecule has 45 heavy (non-hydrogen) atoms. The first-order valence-electron chi connectivity index (χ1n) is 14.9. The van der Waals surface area contributed by atoms with Crippen molar-refractivity contribution in [3.63, 3.8) is 0 Å². The number of likely N-dealkylation sites (tertiary alicyclic amines) is 1. The average molecular weight is 639 g/mol. The highest BCUT2D eigenvalue weighted by Gasteiger charge is 2.39. The summed E-state index contributed by atoms with van der Waals surface area (Å²) >= 11 is -2.30. The molecule has 2 aromatic carbocycles. The van der Waals surface area contributed by atoms with Crippen LogP contribution in [0.4, 0.5) is 14.5 Å². The van der Waals surface area contributed by atoms with Gasteiger partial charge < -0.3 is 24.4 Å². The van der Waals surface area contributed by atoms with Crippen LogP contribution in [0.5, 0.6) is 0 Å². The Morgan fingerprint density at radius 1 is 1.20 bits per heavy atom. The Labute approximate surface area is 266 Å². The van der Waals surface area contributed by atoms with Crippen LogP contribution in [-0.4, -0.2) is 64.8 Å². The third-order valence-electron chi connectivity index (χ3n) is 7.98. The molecule has 2 N–H and O–H groups in total. The van der Waals surface area contributed by atoms with Gasteiger partial charge in [-0.05, 0) is 67.2 Å². The Morgan fingerprint density at radius 3 is 2.62 bits per heavy atom. The number of allylic oxidation sites excluding steroid dienone is 2. The van der Waals surface area contributed by atoms with Crippen LogP contribution >= 0.6 is 0 Å². The third-order valence-corrected chi connectivity index (χ3v) is 8.65. The number of ether oxygens (including phenoxy) is 1. The first kappa shape index (κ1) is 34.0. The van der Waals surface area contributed by atoms with Crippen molar-refractivity contribution in [2.45, 2.75) is 32.6 Å². The lowest BCUT2D eigenvalue weighted by molar-refractivity contribution is -0.123. The van der Waals surface area contributed by atoms with E-state index in [1.807, 2.05) is 6.92 Å². The van der Waals surface area contributed by atoms with Crippen molar-refractivity contribution in [2.24, 2.45) is 10.9 Å². The van der Waals surface area contributed by atoms with E-state index in [1.165, 1.54) is 23.9 Å². The number of halogens is 2. The van der Waals surface area contributed by atoms with Crippen LogP contribution in [-0.2, 0) is 27.0 Å². The van der Waals surface area contributed by atoms with Gasteiger partial charge in [0, 0.05) is 56.3 Å². The Morgan fingerprint density at radius 2 is 1.96 bits per heavy atom. The zero-order valence-electron chi connectivity index (χ0n) is 25.7. The van der Waals surface area contributed by atoms with Crippen molar-refractivity contribution in [1.82, 2.24) is 10.2 Å². The summed E-state index contributed by atoms with van der Waals surface area (Å²) < 4.78 is 55.6. The van der Waals surface area contributed by atoms with Gasteiger partial charge in [-0.2, -0.15) is 0 Å². The number of carbonyl (C=O) groups is 1. The predicted molar refractivity (Wildman–Crippen MR) is 175 cm³/mol. The van der Waals surface area contributed by atoms with Crippen molar-refractivity contribution >= 4 is 28.5 Å². The maximum atomic E-state index is 15.0. The van der Waals surface area contributed by atoms with E-state index in [9.17, 15) is 22.3 Å². The molecule has 1 unspecified atom stereocenters. The first-order chi connectivity index (χ1) is 21.6. The Bertz CT molecular complexity index is 1530. The zero-order chi connectivity index (χ0) is 32.5. The first-order valence-corrected chi connectivity index (χ1v) is 16.0. The number of amides is 1. The molecule has 0 aliphatic carbocycles. The Hall–Kier alpha value is -3.93. The van der Waals surface area contributed by atoms with Crippen LogP contribution in [0.3, 0.4) is 0 Å². The summed E-state index contributed by atoms with van der Waals surface area (Å²) in [5.41, 5.74) is 4.29. The van der Waals surface area contributed by atoms with Gasteiger partial charge in [0.25, 0.3) is 0 Å².